The second-order valence-electron chi connectivity index (χ2n) is 12.3. The molecule has 6 rings (SSSR count). The lowest BCUT2D eigenvalue weighted by atomic mass is 9.58. The second kappa shape index (κ2) is 11.8. The zero-order valence-corrected chi connectivity index (χ0v) is 24.4. The number of ether oxygens (including phenoxy) is 1. The van der Waals surface area contributed by atoms with Gasteiger partial charge in [0.05, 0.1) is 13.2 Å². The van der Waals surface area contributed by atoms with Gasteiger partial charge in [0.2, 0.25) is 0 Å². The lowest BCUT2D eigenvalue weighted by Crippen LogP contribution is -2.46. The molecule has 0 amide bonds. The summed E-state index contributed by atoms with van der Waals surface area (Å²) in [6.07, 6.45) is 7.21. The molecule has 4 N–H and O–H groups in total. The molecule has 3 aromatic rings. The largest absolute Gasteiger partial charge is 0.504 e. The van der Waals surface area contributed by atoms with Crippen LogP contribution in [-0.2, 0) is 16.6 Å². The summed E-state index contributed by atoms with van der Waals surface area (Å²) in [6.45, 7) is 0. The number of methoxy groups -OCH3 is 1. The van der Waals surface area contributed by atoms with Gasteiger partial charge >= 0.3 is 0 Å². The van der Waals surface area contributed by atoms with Crippen LogP contribution in [0.25, 0.3) is 6.08 Å². The maximum absolute atomic E-state index is 13.8. The zero-order chi connectivity index (χ0) is 30.1. The number of allylic oxidation sites excluding steroid dienone is 1. The van der Waals surface area contributed by atoms with Crippen molar-refractivity contribution < 1.29 is 30.0 Å². The summed E-state index contributed by atoms with van der Waals surface area (Å²) in [4.78, 5) is 13.8. The molecule has 0 heterocycles. The third-order valence-electron chi connectivity index (χ3n) is 9.96. The Balaban J connectivity index is 1.44. The zero-order valence-electron chi connectivity index (χ0n) is 24.4. The van der Waals surface area contributed by atoms with Crippen LogP contribution >= 0.6 is 0 Å². The van der Waals surface area contributed by atoms with Gasteiger partial charge in [0.25, 0.3) is 0 Å². The predicted octanol–water partition coefficient (Wildman–Crippen LogP) is 6.25. The highest BCUT2D eigenvalue weighted by atomic mass is 16.5. The first-order valence-electron chi connectivity index (χ1n) is 15.1. The average Bonchev–Trinajstić information content (AvgIpc) is 3.44. The Hall–Kier alpha value is -4.21. The van der Waals surface area contributed by atoms with Crippen LogP contribution < -0.4 is 4.74 Å². The number of aliphatic hydroxyl groups is 1. The highest BCUT2D eigenvalue weighted by Gasteiger charge is 2.53. The molecule has 3 aliphatic rings. The fourth-order valence-corrected chi connectivity index (χ4v) is 7.92. The van der Waals surface area contributed by atoms with Gasteiger partial charge in [-0.3, -0.25) is 4.79 Å². The quantitative estimate of drug-likeness (QED) is 0.211. The second-order valence-corrected chi connectivity index (χ2v) is 12.3. The Labute approximate surface area is 252 Å². The van der Waals surface area contributed by atoms with Crippen molar-refractivity contribution in [3.8, 4) is 34.8 Å². The van der Waals surface area contributed by atoms with E-state index in [2.05, 4.69) is 30.0 Å². The first-order chi connectivity index (χ1) is 20.8. The molecule has 6 nitrogen and oxygen atoms in total. The van der Waals surface area contributed by atoms with E-state index in [0.717, 1.165) is 41.5 Å². The van der Waals surface area contributed by atoms with E-state index in [1.807, 2.05) is 30.3 Å². The lowest BCUT2D eigenvalue weighted by Gasteiger charge is -2.46. The summed E-state index contributed by atoms with van der Waals surface area (Å²) >= 11 is 0. The Morgan fingerprint density at radius 3 is 2.56 bits per heavy atom. The lowest BCUT2D eigenvalue weighted by molar-refractivity contribution is -0.122. The van der Waals surface area contributed by atoms with Gasteiger partial charge in [-0.05, 0) is 71.7 Å². The Kier molecular flexibility index (Phi) is 7.94. The van der Waals surface area contributed by atoms with Gasteiger partial charge in [-0.2, -0.15) is 0 Å². The number of benzene rings is 3. The van der Waals surface area contributed by atoms with Gasteiger partial charge in [0.15, 0.2) is 23.0 Å². The molecule has 0 bridgehead atoms. The fraction of sp³-hybridized carbons (Fsp3) is 0.378. The molecule has 0 aromatic heterocycles. The molecule has 222 valence electrons. The number of carbonyl (C=O) groups is 1. The molecule has 0 unspecified atom stereocenters. The molecule has 0 aliphatic heterocycles. The van der Waals surface area contributed by atoms with Gasteiger partial charge in [-0.25, -0.2) is 0 Å². The normalized spacial score (nSPS) is 28.3. The van der Waals surface area contributed by atoms with E-state index in [-0.39, 0.29) is 59.5 Å². The summed E-state index contributed by atoms with van der Waals surface area (Å²) in [6, 6.07) is 18.6. The van der Waals surface area contributed by atoms with Crippen LogP contribution in [0.4, 0.5) is 0 Å². The van der Waals surface area contributed by atoms with Gasteiger partial charge in [-0.1, -0.05) is 60.9 Å². The van der Waals surface area contributed by atoms with Crippen molar-refractivity contribution in [2.75, 3.05) is 7.11 Å². The van der Waals surface area contributed by atoms with E-state index in [1.54, 1.807) is 24.3 Å². The molecule has 3 aliphatic carbocycles. The third-order valence-corrected chi connectivity index (χ3v) is 9.96. The molecular formula is C37H38O6. The Morgan fingerprint density at radius 1 is 0.977 bits per heavy atom. The summed E-state index contributed by atoms with van der Waals surface area (Å²) in [5.41, 5.74) is 3.23. The number of phenolic OH excluding ortho intramolecular Hbond substituents is 3. The highest BCUT2D eigenvalue weighted by molar-refractivity contribution is 5.80. The van der Waals surface area contributed by atoms with Crippen molar-refractivity contribution in [3.05, 3.63) is 89.0 Å². The van der Waals surface area contributed by atoms with E-state index in [9.17, 15) is 25.2 Å². The van der Waals surface area contributed by atoms with E-state index in [1.165, 1.54) is 7.11 Å². The third kappa shape index (κ3) is 5.39. The first kappa shape index (κ1) is 28.9. The molecule has 1 saturated carbocycles. The number of hydrogen-bond acceptors (Lipinski definition) is 6. The van der Waals surface area contributed by atoms with E-state index in [4.69, 9.17) is 4.74 Å². The molecule has 0 radical (unpaired) electrons. The number of Topliss-reactive ketones (excluding diaryl/α,β-unsaturated/α-hetero) is 1. The van der Waals surface area contributed by atoms with Crippen LogP contribution in [-0.4, -0.2) is 39.4 Å². The smallest absolute Gasteiger partial charge is 0.160 e. The van der Waals surface area contributed by atoms with Crippen molar-refractivity contribution >= 4 is 11.9 Å². The number of hydrogen-bond donors (Lipinski definition) is 4. The average molecular weight is 579 g/mol. The number of fused-ring (bicyclic) bond motifs is 3. The Bertz CT molecular complexity index is 1600. The van der Waals surface area contributed by atoms with Gasteiger partial charge in [-0.15, -0.1) is 5.92 Å². The maximum Gasteiger partial charge on any atom is 0.160 e. The van der Waals surface area contributed by atoms with Crippen LogP contribution in [0.15, 0.2) is 66.7 Å². The number of ketones is 1. The minimum atomic E-state index is -0.918. The number of rotatable bonds is 5. The van der Waals surface area contributed by atoms with E-state index >= 15 is 0 Å². The van der Waals surface area contributed by atoms with Crippen LogP contribution in [0.1, 0.15) is 66.7 Å². The topological polar surface area (TPSA) is 107 Å². The Morgan fingerprint density at radius 2 is 1.77 bits per heavy atom. The molecular weight excluding hydrogens is 540 g/mol. The molecule has 3 aromatic carbocycles. The molecule has 6 atom stereocenters. The van der Waals surface area contributed by atoms with Gasteiger partial charge in [0.1, 0.15) is 5.78 Å². The predicted molar refractivity (Wildman–Crippen MR) is 165 cm³/mol. The highest BCUT2D eigenvalue weighted by Crippen LogP contribution is 2.58. The van der Waals surface area contributed by atoms with Crippen molar-refractivity contribution in [1.82, 2.24) is 0 Å². The summed E-state index contributed by atoms with van der Waals surface area (Å²) < 4.78 is 5.39. The molecule has 1 fully saturated rings. The van der Waals surface area contributed by atoms with Crippen LogP contribution in [0.3, 0.4) is 0 Å². The number of aromatic hydroxyl groups is 3. The molecule has 0 saturated heterocycles. The molecule has 6 heteroatoms. The van der Waals surface area contributed by atoms with Crippen LogP contribution in [0.2, 0.25) is 0 Å². The minimum Gasteiger partial charge on any atom is -0.504 e. The first-order valence-corrected chi connectivity index (χ1v) is 15.1. The monoisotopic (exact) mass is 578 g/mol. The van der Waals surface area contributed by atoms with Crippen molar-refractivity contribution in [3.63, 3.8) is 0 Å². The van der Waals surface area contributed by atoms with Gasteiger partial charge in [0, 0.05) is 42.4 Å². The van der Waals surface area contributed by atoms with Crippen molar-refractivity contribution in [2.45, 2.75) is 62.4 Å². The van der Waals surface area contributed by atoms with E-state index < -0.39 is 11.5 Å². The summed E-state index contributed by atoms with van der Waals surface area (Å²) in [5, 5.41) is 42.8. The molecule has 43 heavy (non-hydrogen) atoms. The number of aliphatic hydroxyl groups excluding tert-OH is 1. The van der Waals surface area contributed by atoms with Crippen molar-refractivity contribution in [1.29, 1.82) is 0 Å². The number of carbonyl (C=O) groups excluding carboxylic acids is 1. The van der Waals surface area contributed by atoms with Crippen LogP contribution in [0.5, 0.6) is 23.0 Å². The van der Waals surface area contributed by atoms with Gasteiger partial charge < -0.3 is 25.2 Å². The fourth-order valence-electron chi connectivity index (χ4n) is 7.92. The summed E-state index contributed by atoms with van der Waals surface area (Å²) in [5.74, 6) is 6.40. The standard InChI is InChI=1S/C37H38O6/c1-43-36-19-25(13-15-32(36)39)29-20-28(38)21-33(40)30(11-5-9-24(29)17-23-7-3-2-4-8-23)37-16-6-10-27(37)14-12-26-18-34(41)35(42)22-31(26)37/h2-4,7-8,12-15,18-19,22,24,27,29-30,33,39-42H,6,10-11,16-17,20-21H2,1H3/t24-,27+,29+,30+,33-,37+/m0/s1. The number of phenols is 3. The van der Waals surface area contributed by atoms with Crippen molar-refractivity contribution in [2.24, 2.45) is 17.8 Å². The minimum absolute atomic E-state index is 0.00764. The molecule has 0 spiro atoms. The van der Waals surface area contributed by atoms with Crippen LogP contribution in [0, 0.1) is 29.6 Å². The van der Waals surface area contributed by atoms with E-state index in [0.29, 0.717) is 18.6 Å². The maximum atomic E-state index is 13.8. The summed E-state index contributed by atoms with van der Waals surface area (Å²) in [7, 11) is 1.50. The SMILES string of the molecule is COc1cc([C@@H]2CC(=O)C[C@H](O)[C@H]([C@@]34CCC[C@@H]3C=Cc3cc(O)c(O)cc34)CC#C[C@H]2Cc2ccccc2)ccc1O.